The Morgan fingerprint density at radius 2 is 2.03 bits per heavy atom. The second-order valence-electron chi connectivity index (χ2n) is 7.15. The number of nitrogens with two attached hydrogens (primary N) is 2. The van der Waals surface area contributed by atoms with Crippen LogP contribution in [0.5, 0.6) is 0 Å². The predicted molar refractivity (Wildman–Crippen MR) is 107 cm³/mol. The number of imidazole rings is 1. The van der Waals surface area contributed by atoms with Crippen LogP contribution < -0.4 is 16.8 Å². The van der Waals surface area contributed by atoms with E-state index in [-0.39, 0.29) is 5.82 Å². The number of aliphatic hydroxyl groups is 2. The molecule has 3 heterocycles. The molecule has 11 nitrogen and oxygen atoms in total. The lowest BCUT2D eigenvalue weighted by molar-refractivity contribution is -0.124. The highest BCUT2D eigenvalue weighted by Crippen LogP contribution is 2.32. The zero-order valence-corrected chi connectivity index (χ0v) is 16.0. The van der Waals surface area contributed by atoms with Crippen LogP contribution in [0.15, 0.2) is 43.0 Å². The molecule has 0 bridgehead atoms. The molecule has 7 N–H and O–H groups in total. The number of rotatable bonds is 6. The molecule has 30 heavy (non-hydrogen) atoms. The zero-order chi connectivity index (χ0) is 21.3. The molecule has 2 aromatic heterocycles. The fraction of sp³-hybridized carbons (Fsp3) is 0.368. The number of aromatic nitrogens is 4. The lowest BCUT2D eigenvalue weighted by atomic mass is 10.0. The highest BCUT2D eigenvalue weighted by molar-refractivity contribution is 5.82. The van der Waals surface area contributed by atoms with Crippen LogP contribution in [-0.2, 0) is 16.0 Å². The molecule has 0 unspecified atom stereocenters. The maximum atomic E-state index is 12.6. The highest BCUT2D eigenvalue weighted by atomic mass is 16.5. The van der Waals surface area contributed by atoms with Gasteiger partial charge >= 0.3 is 0 Å². The fourth-order valence-electron chi connectivity index (χ4n) is 3.59. The summed E-state index contributed by atoms with van der Waals surface area (Å²) in [5, 5.41) is 23.3. The summed E-state index contributed by atoms with van der Waals surface area (Å²) >= 11 is 0. The van der Waals surface area contributed by atoms with E-state index in [1.807, 2.05) is 30.3 Å². The molecule has 3 aromatic rings. The van der Waals surface area contributed by atoms with Crippen LogP contribution in [0, 0.1) is 0 Å². The summed E-state index contributed by atoms with van der Waals surface area (Å²) in [6, 6.07) is 7.69. The molecule has 1 aliphatic rings. The van der Waals surface area contributed by atoms with Crippen LogP contribution >= 0.6 is 0 Å². The van der Waals surface area contributed by atoms with E-state index in [0.717, 1.165) is 5.56 Å². The van der Waals surface area contributed by atoms with Crippen LogP contribution in [0.1, 0.15) is 11.8 Å². The third-order valence-corrected chi connectivity index (χ3v) is 5.16. The molecule has 158 valence electrons. The maximum absolute atomic E-state index is 12.6. The molecular weight excluding hydrogens is 390 g/mol. The molecule has 0 saturated carbocycles. The maximum Gasteiger partial charge on any atom is 0.237 e. The Kier molecular flexibility index (Phi) is 5.59. The molecule has 1 aliphatic heterocycles. The van der Waals surface area contributed by atoms with Crippen molar-refractivity contribution in [2.75, 3.05) is 12.3 Å². The van der Waals surface area contributed by atoms with Crippen molar-refractivity contribution in [1.82, 2.24) is 24.8 Å². The van der Waals surface area contributed by atoms with E-state index in [9.17, 15) is 15.0 Å². The van der Waals surface area contributed by atoms with E-state index in [2.05, 4.69) is 20.3 Å². The van der Waals surface area contributed by atoms with E-state index < -0.39 is 43.0 Å². The number of nitrogens with zero attached hydrogens (tertiary/aromatic N) is 4. The molecule has 5 atom stereocenters. The van der Waals surface area contributed by atoms with Crippen molar-refractivity contribution < 1.29 is 19.7 Å². The Labute approximate surface area is 171 Å². The third-order valence-electron chi connectivity index (χ3n) is 5.16. The Hall–Kier alpha value is -3.12. The summed E-state index contributed by atoms with van der Waals surface area (Å²) in [6.45, 7) is -0.407. The second kappa shape index (κ2) is 8.32. The largest absolute Gasteiger partial charge is 0.394 e. The fourth-order valence-corrected chi connectivity index (χ4v) is 3.59. The molecular formula is C19H23N7O4. The van der Waals surface area contributed by atoms with E-state index in [4.69, 9.17) is 16.2 Å². The third kappa shape index (κ3) is 3.71. The van der Waals surface area contributed by atoms with Crippen molar-refractivity contribution in [3.8, 4) is 0 Å². The normalized spacial score (nSPS) is 24.8. The van der Waals surface area contributed by atoms with E-state index in [1.54, 1.807) is 0 Å². The van der Waals surface area contributed by atoms with Gasteiger partial charge in [-0.2, -0.15) is 0 Å². The molecule has 0 spiro atoms. The number of hydrogen-bond acceptors (Lipinski definition) is 9. The average molecular weight is 413 g/mol. The smallest absolute Gasteiger partial charge is 0.237 e. The summed E-state index contributed by atoms with van der Waals surface area (Å²) in [5.74, 6) is -0.255. The van der Waals surface area contributed by atoms with Crippen LogP contribution in [0.3, 0.4) is 0 Å². The van der Waals surface area contributed by atoms with E-state index in [0.29, 0.717) is 17.6 Å². The number of nitrogen functional groups attached to an aromatic ring is 1. The van der Waals surface area contributed by atoms with Crippen LogP contribution in [0.4, 0.5) is 5.82 Å². The van der Waals surface area contributed by atoms with Gasteiger partial charge in [0.25, 0.3) is 0 Å². The van der Waals surface area contributed by atoms with Gasteiger partial charge in [0.05, 0.1) is 25.0 Å². The summed E-state index contributed by atoms with van der Waals surface area (Å²) in [5.41, 5.74) is 13.5. The van der Waals surface area contributed by atoms with Crippen molar-refractivity contribution in [1.29, 1.82) is 0 Å². The SMILES string of the molecule is Nc1ncnc2c1ncn2[C@H]1O[C@@H](CO)[C@@H](NC(=O)[C@@H](N)Cc2ccccc2)[C@H]1O. The number of anilines is 1. The van der Waals surface area contributed by atoms with E-state index >= 15 is 0 Å². The van der Waals surface area contributed by atoms with Gasteiger partial charge in [0.1, 0.15) is 24.1 Å². The number of ether oxygens (including phenoxy) is 1. The van der Waals surface area contributed by atoms with Gasteiger partial charge in [-0.1, -0.05) is 30.3 Å². The van der Waals surface area contributed by atoms with Crippen molar-refractivity contribution in [2.45, 2.75) is 36.9 Å². The van der Waals surface area contributed by atoms with Gasteiger partial charge in [-0.25, -0.2) is 15.0 Å². The van der Waals surface area contributed by atoms with Crippen LogP contribution in [-0.4, -0.2) is 66.5 Å². The Bertz CT molecular complexity index is 1030. The number of nitrogens with one attached hydrogen (secondary N) is 1. The zero-order valence-electron chi connectivity index (χ0n) is 16.0. The minimum Gasteiger partial charge on any atom is -0.394 e. The van der Waals surface area contributed by atoms with Gasteiger partial charge < -0.3 is 31.7 Å². The molecule has 1 aromatic carbocycles. The van der Waals surface area contributed by atoms with Crippen LogP contribution in [0.25, 0.3) is 11.2 Å². The van der Waals surface area contributed by atoms with Crippen LogP contribution in [0.2, 0.25) is 0 Å². The molecule has 1 saturated heterocycles. The predicted octanol–water partition coefficient (Wildman–Crippen LogP) is -1.29. The first kappa shape index (κ1) is 20.2. The first-order chi connectivity index (χ1) is 14.5. The molecule has 0 radical (unpaired) electrons. The van der Waals surface area contributed by atoms with Crippen molar-refractivity contribution in [3.63, 3.8) is 0 Å². The Morgan fingerprint density at radius 3 is 2.77 bits per heavy atom. The summed E-state index contributed by atoms with van der Waals surface area (Å²) < 4.78 is 7.29. The average Bonchev–Trinajstić information content (AvgIpc) is 3.31. The summed E-state index contributed by atoms with van der Waals surface area (Å²) in [4.78, 5) is 24.8. The number of carbonyl (C=O) groups is 1. The minimum atomic E-state index is -1.18. The van der Waals surface area contributed by atoms with Gasteiger partial charge in [0.15, 0.2) is 17.7 Å². The lowest BCUT2D eigenvalue weighted by Gasteiger charge is -2.22. The summed E-state index contributed by atoms with van der Waals surface area (Å²) in [7, 11) is 0. The van der Waals surface area contributed by atoms with Gasteiger partial charge in [-0.05, 0) is 12.0 Å². The number of aliphatic hydroxyl groups excluding tert-OH is 2. The quantitative estimate of drug-likeness (QED) is 0.329. The van der Waals surface area contributed by atoms with Gasteiger partial charge in [0, 0.05) is 0 Å². The topological polar surface area (TPSA) is 174 Å². The Balaban J connectivity index is 1.51. The van der Waals surface area contributed by atoms with Gasteiger partial charge in [-0.15, -0.1) is 0 Å². The lowest BCUT2D eigenvalue weighted by Crippen LogP contribution is -2.53. The van der Waals surface area contributed by atoms with Gasteiger partial charge in [-0.3, -0.25) is 9.36 Å². The summed E-state index contributed by atoms with van der Waals surface area (Å²) in [6.07, 6.45) is 0.0907. The molecule has 1 fully saturated rings. The number of hydrogen-bond donors (Lipinski definition) is 5. The first-order valence-corrected chi connectivity index (χ1v) is 9.47. The van der Waals surface area contributed by atoms with Crippen molar-refractivity contribution in [3.05, 3.63) is 48.5 Å². The number of amides is 1. The highest BCUT2D eigenvalue weighted by Gasteiger charge is 2.46. The van der Waals surface area contributed by atoms with E-state index in [1.165, 1.54) is 17.2 Å². The Morgan fingerprint density at radius 1 is 1.27 bits per heavy atom. The minimum absolute atomic E-state index is 0.196. The number of carbonyl (C=O) groups excluding carboxylic acids is 1. The monoisotopic (exact) mass is 413 g/mol. The van der Waals surface area contributed by atoms with Crippen molar-refractivity contribution in [2.24, 2.45) is 5.73 Å². The van der Waals surface area contributed by atoms with Crippen molar-refractivity contribution >= 4 is 22.9 Å². The second-order valence-corrected chi connectivity index (χ2v) is 7.15. The van der Waals surface area contributed by atoms with Gasteiger partial charge in [0.2, 0.25) is 5.91 Å². The number of fused-ring (bicyclic) bond motifs is 1. The molecule has 1 amide bonds. The molecule has 4 rings (SSSR count). The molecule has 0 aliphatic carbocycles. The first-order valence-electron chi connectivity index (χ1n) is 9.47. The standard InChI is InChI=1S/C19H23N7O4/c20-11(6-10-4-2-1-3-5-10)18(29)25-13-12(7-27)30-19(15(13)28)26-9-24-14-16(21)22-8-23-17(14)26/h1-5,8-9,11-13,15,19,27-28H,6-7,20H2,(H,25,29)(H2,21,22,23)/t11-,12-,13+,15+,19-/m0/s1. The number of benzene rings is 1. The molecule has 11 heteroatoms.